The number of nitrogens with zero attached hydrogens (tertiary/aromatic N) is 2. The van der Waals surface area contributed by atoms with Crippen LogP contribution in [0.5, 0.6) is 0 Å². The second-order valence-corrected chi connectivity index (χ2v) is 19.1. The average molecular weight is 952 g/mol. The number of hydrogen-bond acceptors (Lipinski definition) is 5. The minimum atomic E-state index is -4.54. The molecule has 3 aliphatic rings. The number of carbonyl (C=O) groups is 3. The van der Waals surface area contributed by atoms with Gasteiger partial charge in [0.1, 0.15) is 12.6 Å². The monoisotopic (exact) mass is 950 g/mol. The van der Waals surface area contributed by atoms with Crippen LogP contribution in [0, 0.1) is 0 Å². The van der Waals surface area contributed by atoms with Gasteiger partial charge in [-0.25, -0.2) is 4.79 Å². The molecule has 1 aliphatic heterocycles. The minimum Gasteiger partial charge on any atom is -0.448 e. The van der Waals surface area contributed by atoms with E-state index in [1.807, 2.05) is 66.7 Å². The maximum Gasteiger partial charge on any atom is 0.410 e. The Morgan fingerprint density at radius 1 is 0.662 bits per heavy atom. The number of fused-ring (bicyclic) bond motifs is 3. The summed E-state index contributed by atoms with van der Waals surface area (Å²) in [7, 11) is 1.18. The molecule has 2 amide bonds. The molecule has 358 valence electrons. The third-order valence-electron chi connectivity index (χ3n) is 14.2. The van der Waals surface area contributed by atoms with Gasteiger partial charge in [0, 0.05) is 34.7 Å². The summed E-state index contributed by atoms with van der Waals surface area (Å²) in [5, 5.41) is 0.272. The van der Waals surface area contributed by atoms with E-state index in [0.717, 1.165) is 52.8 Å². The Hall–Kier alpha value is -5.68. The second-order valence-electron chi connectivity index (χ2n) is 18.7. The first-order chi connectivity index (χ1) is 32.8. The van der Waals surface area contributed by atoms with E-state index in [1.165, 1.54) is 64.0 Å². The van der Waals surface area contributed by atoms with Gasteiger partial charge in [-0.2, -0.15) is 17.6 Å². The third-order valence-corrected chi connectivity index (χ3v) is 14.5. The standard InChI is InChI=1S/C56H59ClF4N2O5/c1-62(53(66)67-36-47-45-27-17-15-25-43(45)44-26-16-18-28-46(44)47)50(52(65)63-37-54(58,59)55(60,61)38-63)35-51(64)68-56(41-23-13-10-14-24-41,48-29-19-20-30-49(48)57)42-33-31-40(32-34-42)39-21-11-8-6-4-2-3-5-7-9-12-22-39/h10,13-20,23-34,39,47,50H,2-9,11-12,21-22,35-38H2,1H3/t50-,56?/m0/s1. The highest BCUT2D eigenvalue weighted by Gasteiger charge is 2.64. The summed E-state index contributed by atoms with van der Waals surface area (Å²) < 4.78 is 71.3. The summed E-state index contributed by atoms with van der Waals surface area (Å²) in [6.45, 7) is -3.38. The molecule has 0 aromatic heterocycles. The highest BCUT2D eigenvalue weighted by atomic mass is 35.5. The van der Waals surface area contributed by atoms with Crippen molar-refractivity contribution >= 4 is 29.6 Å². The first-order valence-electron chi connectivity index (χ1n) is 24.1. The molecule has 5 aromatic rings. The Balaban J connectivity index is 1.12. The van der Waals surface area contributed by atoms with Gasteiger partial charge in [-0.1, -0.05) is 197 Å². The number of likely N-dealkylation sites (N-methyl/N-ethyl adjacent to an activating group) is 1. The fourth-order valence-corrected chi connectivity index (χ4v) is 10.7. The molecule has 1 unspecified atom stereocenters. The predicted octanol–water partition coefficient (Wildman–Crippen LogP) is 13.7. The van der Waals surface area contributed by atoms with Crippen LogP contribution in [0.25, 0.3) is 11.1 Å². The number of alkyl halides is 4. The highest BCUT2D eigenvalue weighted by molar-refractivity contribution is 6.31. The zero-order valence-electron chi connectivity index (χ0n) is 38.5. The van der Waals surface area contributed by atoms with Gasteiger partial charge in [0.25, 0.3) is 0 Å². The molecule has 7 nitrogen and oxygen atoms in total. The van der Waals surface area contributed by atoms with E-state index in [1.54, 1.807) is 48.5 Å². The van der Waals surface area contributed by atoms with Gasteiger partial charge in [0.2, 0.25) is 5.91 Å². The van der Waals surface area contributed by atoms with Crippen LogP contribution in [0.4, 0.5) is 22.4 Å². The zero-order chi connectivity index (χ0) is 47.9. The summed E-state index contributed by atoms with van der Waals surface area (Å²) in [6, 6.07) is 37.4. The molecule has 2 fully saturated rings. The fraction of sp³-hybridized carbons (Fsp3) is 0.411. The van der Waals surface area contributed by atoms with E-state index in [2.05, 4.69) is 12.1 Å². The average Bonchev–Trinajstić information content (AvgIpc) is 3.79. The lowest BCUT2D eigenvalue weighted by molar-refractivity contribution is -0.172. The van der Waals surface area contributed by atoms with Crippen LogP contribution in [0.3, 0.4) is 0 Å². The number of likely N-dealkylation sites (tertiary alicyclic amines) is 1. The first-order valence-corrected chi connectivity index (χ1v) is 24.4. The van der Waals surface area contributed by atoms with Crippen molar-refractivity contribution in [3.05, 3.63) is 166 Å². The van der Waals surface area contributed by atoms with Crippen molar-refractivity contribution in [3.8, 4) is 11.1 Å². The molecular weight excluding hydrogens is 892 g/mol. The Morgan fingerprint density at radius 2 is 1.15 bits per heavy atom. The predicted molar refractivity (Wildman–Crippen MR) is 256 cm³/mol. The molecule has 68 heavy (non-hydrogen) atoms. The van der Waals surface area contributed by atoms with Crippen molar-refractivity contribution in [2.24, 2.45) is 0 Å². The molecule has 12 heteroatoms. The van der Waals surface area contributed by atoms with Crippen molar-refractivity contribution in [1.82, 2.24) is 9.80 Å². The maximum atomic E-state index is 14.9. The van der Waals surface area contributed by atoms with Crippen LogP contribution in [-0.2, 0) is 24.7 Å². The second kappa shape index (κ2) is 21.3. The lowest BCUT2D eigenvalue weighted by atomic mass is 9.78. The van der Waals surface area contributed by atoms with E-state index in [4.69, 9.17) is 21.1 Å². The van der Waals surface area contributed by atoms with Gasteiger partial charge in [0.05, 0.1) is 19.5 Å². The lowest BCUT2D eigenvalue weighted by Gasteiger charge is -2.37. The molecule has 0 bridgehead atoms. The van der Waals surface area contributed by atoms with E-state index in [-0.39, 0.29) is 17.5 Å². The molecule has 5 aromatic carbocycles. The lowest BCUT2D eigenvalue weighted by Crippen LogP contribution is -2.51. The van der Waals surface area contributed by atoms with E-state index in [0.29, 0.717) is 27.5 Å². The molecule has 0 spiro atoms. The molecule has 1 saturated heterocycles. The number of halogens is 5. The number of carbonyl (C=O) groups excluding carboxylic acids is 3. The molecule has 2 atom stereocenters. The largest absolute Gasteiger partial charge is 0.448 e. The van der Waals surface area contributed by atoms with Crippen LogP contribution in [0.2, 0.25) is 5.02 Å². The van der Waals surface area contributed by atoms with Crippen LogP contribution in [-0.4, -0.2) is 72.4 Å². The summed E-state index contributed by atoms with van der Waals surface area (Å²) >= 11 is 7.02. The van der Waals surface area contributed by atoms with Gasteiger partial charge in [-0.15, -0.1) is 0 Å². The topological polar surface area (TPSA) is 76.1 Å². The third kappa shape index (κ3) is 10.3. The molecule has 2 aliphatic carbocycles. The van der Waals surface area contributed by atoms with Crippen molar-refractivity contribution < 1.29 is 41.4 Å². The Kier molecular flexibility index (Phi) is 15.3. The quantitative estimate of drug-likeness (QED) is 0.0749. The molecule has 0 N–H and O–H groups in total. The fourth-order valence-electron chi connectivity index (χ4n) is 10.4. The molecule has 8 rings (SSSR count). The van der Waals surface area contributed by atoms with E-state index >= 15 is 0 Å². The number of ether oxygens (including phenoxy) is 2. The zero-order valence-corrected chi connectivity index (χ0v) is 39.3. The van der Waals surface area contributed by atoms with Gasteiger partial charge < -0.3 is 14.4 Å². The van der Waals surface area contributed by atoms with Crippen LogP contribution in [0.1, 0.15) is 129 Å². The van der Waals surface area contributed by atoms with E-state index in [9.17, 15) is 31.9 Å². The number of rotatable bonds is 11. The SMILES string of the molecule is CN(C(=O)OCC1c2ccccc2-c2ccccc21)[C@@H](CC(=O)OC(c1ccccc1)(c1ccc(C2CCCCCCCCCCCC2)cc1)c1ccccc1Cl)C(=O)N1CC(F)(F)C(F)(F)C1. The summed E-state index contributed by atoms with van der Waals surface area (Å²) in [6.07, 6.45) is 12.4. The maximum absolute atomic E-state index is 14.9. The first kappa shape index (κ1) is 48.8. The summed E-state index contributed by atoms with van der Waals surface area (Å²) in [4.78, 5) is 44.4. The Labute approximate surface area is 401 Å². The van der Waals surface area contributed by atoms with Crippen molar-refractivity contribution in [3.63, 3.8) is 0 Å². The molecular formula is C56H59ClF4N2O5. The number of amides is 2. The number of benzene rings is 5. The molecule has 1 heterocycles. The van der Waals surface area contributed by atoms with Gasteiger partial charge in [-0.3, -0.25) is 14.5 Å². The molecule has 1 saturated carbocycles. The van der Waals surface area contributed by atoms with Crippen LogP contribution >= 0.6 is 11.6 Å². The van der Waals surface area contributed by atoms with Gasteiger partial charge >= 0.3 is 23.9 Å². The van der Waals surface area contributed by atoms with Gasteiger partial charge in [0.15, 0.2) is 5.60 Å². The normalized spacial score (nSPS) is 18.9. The minimum absolute atomic E-state index is 0.164. The van der Waals surface area contributed by atoms with Crippen LogP contribution in [0.15, 0.2) is 127 Å². The van der Waals surface area contributed by atoms with Crippen LogP contribution < -0.4 is 0 Å². The number of hydrogen-bond donors (Lipinski definition) is 0. The van der Waals surface area contributed by atoms with Crippen molar-refractivity contribution in [1.29, 1.82) is 0 Å². The Bertz CT molecular complexity index is 2460. The highest BCUT2D eigenvalue weighted by Crippen LogP contribution is 2.47. The van der Waals surface area contributed by atoms with E-state index < -0.39 is 61.0 Å². The molecule has 0 radical (unpaired) electrons. The van der Waals surface area contributed by atoms with Gasteiger partial charge in [-0.05, 0) is 52.6 Å². The Morgan fingerprint density at radius 3 is 1.71 bits per heavy atom. The summed E-state index contributed by atoms with van der Waals surface area (Å²) in [5.41, 5.74) is 4.70. The smallest absolute Gasteiger partial charge is 0.410 e. The van der Waals surface area contributed by atoms with Crippen molar-refractivity contribution in [2.75, 3.05) is 26.7 Å². The summed E-state index contributed by atoms with van der Waals surface area (Å²) in [5.74, 6) is -11.4. The van der Waals surface area contributed by atoms with Crippen molar-refractivity contribution in [2.45, 2.75) is 119 Å². The number of esters is 1.